The number of aryl methyl sites for hydroxylation is 2. The van der Waals surface area contributed by atoms with Crippen molar-refractivity contribution in [1.29, 1.82) is 0 Å². The molecule has 2 aliphatic rings. The average Bonchev–Trinajstić information content (AvgIpc) is 3.52. The summed E-state index contributed by atoms with van der Waals surface area (Å²) in [5, 5.41) is 12.4. The minimum absolute atomic E-state index is 0.171. The molecule has 1 aliphatic heterocycles. The van der Waals surface area contributed by atoms with E-state index in [1.807, 2.05) is 29.3 Å². The normalized spacial score (nSPS) is 18.8. The molecule has 0 bridgehead atoms. The van der Waals surface area contributed by atoms with Gasteiger partial charge in [0.25, 0.3) is 0 Å². The van der Waals surface area contributed by atoms with E-state index in [1.54, 1.807) is 11.6 Å². The predicted molar refractivity (Wildman–Crippen MR) is 140 cm³/mol. The molecular weight excluding hydrogens is 458 g/mol. The molecule has 2 heterocycles. The fourth-order valence-electron chi connectivity index (χ4n) is 5.41. The molecule has 1 atom stereocenters. The molecule has 3 aromatic carbocycles. The van der Waals surface area contributed by atoms with Gasteiger partial charge >= 0.3 is 5.69 Å². The molecule has 1 aromatic heterocycles. The highest BCUT2D eigenvalue weighted by molar-refractivity contribution is 6.30. The first-order chi connectivity index (χ1) is 16.9. The number of benzene rings is 3. The second-order valence-corrected chi connectivity index (χ2v) is 9.97. The molecule has 0 fully saturated rings. The van der Waals surface area contributed by atoms with Crippen LogP contribution >= 0.6 is 11.6 Å². The summed E-state index contributed by atoms with van der Waals surface area (Å²) in [6.45, 7) is 3.12. The Morgan fingerprint density at radius 1 is 1.00 bits per heavy atom. The van der Waals surface area contributed by atoms with Crippen molar-refractivity contribution >= 4 is 23.3 Å². The second kappa shape index (κ2) is 8.24. The first-order valence-corrected chi connectivity index (χ1v) is 12.2. The van der Waals surface area contributed by atoms with Crippen molar-refractivity contribution in [3.8, 4) is 0 Å². The fraction of sp³-hybridized carbons (Fsp3) is 0.250. The van der Waals surface area contributed by atoms with Gasteiger partial charge in [-0.25, -0.2) is 14.5 Å². The summed E-state index contributed by atoms with van der Waals surface area (Å²) in [5.74, 6) is 0.551. The van der Waals surface area contributed by atoms with Crippen LogP contribution in [-0.4, -0.2) is 26.6 Å². The molecule has 7 heteroatoms. The lowest BCUT2D eigenvalue weighted by molar-refractivity contribution is 0.581. The van der Waals surface area contributed by atoms with Crippen molar-refractivity contribution < 1.29 is 0 Å². The van der Waals surface area contributed by atoms with Crippen LogP contribution < -0.4 is 10.7 Å². The zero-order valence-corrected chi connectivity index (χ0v) is 20.5. The number of anilines is 1. The third-order valence-electron chi connectivity index (χ3n) is 7.27. The topological polar surface area (TPSA) is 55.4 Å². The van der Waals surface area contributed by atoms with E-state index in [2.05, 4.69) is 55.5 Å². The lowest BCUT2D eigenvalue weighted by Gasteiger charge is -2.27. The van der Waals surface area contributed by atoms with Gasteiger partial charge in [0, 0.05) is 12.1 Å². The lowest BCUT2D eigenvalue weighted by Crippen LogP contribution is -2.37. The standard InChI is InChI=1S/C28H26ClN5O/c1-19-7-11-22(12-8-19)25-28(16-15-21-5-3-4-6-24(21)28)18-34(30-25)26-31-33(27(35)32(26)2)17-20-9-13-23(29)14-10-20/h3-14H,15-18H2,1-2H3/t28-/m1/s1. The van der Waals surface area contributed by atoms with Gasteiger partial charge < -0.3 is 0 Å². The second-order valence-electron chi connectivity index (χ2n) is 9.54. The van der Waals surface area contributed by atoms with Crippen LogP contribution in [0, 0.1) is 6.92 Å². The highest BCUT2D eigenvalue weighted by atomic mass is 35.5. The van der Waals surface area contributed by atoms with Gasteiger partial charge in [0.1, 0.15) is 0 Å². The largest absolute Gasteiger partial charge is 0.347 e. The number of aromatic nitrogens is 3. The van der Waals surface area contributed by atoms with Crippen LogP contribution in [0.5, 0.6) is 0 Å². The smallest absolute Gasteiger partial charge is 0.263 e. The highest BCUT2D eigenvalue weighted by Crippen LogP contribution is 2.46. The summed E-state index contributed by atoms with van der Waals surface area (Å²) in [6, 6.07) is 24.7. The Kier molecular flexibility index (Phi) is 5.15. The van der Waals surface area contributed by atoms with E-state index in [9.17, 15) is 4.79 Å². The molecular formula is C28H26ClN5O. The van der Waals surface area contributed by atoms with Gasteiger partial charge in [0.15, 0.2) is 0 Å². The number of nitrogens with zero attached hydrogens (tertiary/aromatic N) is 5. The third-order valence-corrected chi connectivity index (χ3v) is 7.52. The average molecular weight is 484 g/mol. The molecule has 4 aromatic rings. The molecule has 0 saturated heterocycles. The number of hydrogen-bond donors (Lipinski definition) is 0. The van der Waals surface area contributed by atoms with Crippen LogP contribution in [0.3, 0.4) is 0 Å². The van der Waals surface area contributed by atoms with Crippen molar-refractivity contribution in [2.45, 2.75) is 31.7 Å². The molecule has 0 unspecified atom stereocenters. The van der Waals surface area contributed by atoms with E-state index in [4.69, 9.17) is 21.8 Å². The van der Waals surface area contributed by atoms with Crippen molar-refractivity contribution in [1.82, 2.24) is 14.3 Å². The molecule has 6 rings (SSSR count). The maximum Gasteiger partial charge on any atom is 0.347 e. The van der Waals surface area contributed by atoms with Crippen molar-refractivity contribution in [2.24, 2.45) is 12.1 Å². The Morgan fingerprint density at radius 2 is 1.74 bits per heavy atom. The Bertz CT molecular complexity index is 1500. The highest BCUT2D eigenvalue weighted by Gasteiger charge is 2.49. The summed E-state index contributed by atoms with van der Waals surface area (Å²) in [7, 11) is 1.76. The molecule has 0 saturated carbocycles. The van der Waals surface area contributed by atoms with Gasteiger partial charge in [-0.15, -0.1) is 5.10 Å². The van der Waals surface area contributed by atoms with E-state index in [1.165, 1.54) is 21.4 Å². The number of hydrogen-bond acceptors (Lipinski definition) is 4. The van der Waals surface area contributed by atoms with E-state index in [0.717, 1.165) is 29.7 Å². The zero-order chi connectivity index (χ0) is 24.2. The Hall–Kier alpha value is -3.64. The number of halogens is 1. The van der Waals surface area contributed by atoms with Gasteiger partial charge in [-0.2, -0.15) is 5.10 Å². The third kappa shape index (κ3) is 3.60. The SMILES string of the molecule is Cc1ccc(C2=NN(c3nn(Cc4ccc(Cl)cc4)c(=O)n3C)C[C@@]23CCc2ccccc23)cc1. The van der Waals surface area contributed by atoms with Gasteiger partial charge in [-0.3, -0.25) is 4.57 Å². The number of fused-ring (bicyclic) bond motifs is 2. The monoisotopic (exact) mass is 483 g/mol. The van der Waals surface area contributed by atoms with Crippen LogP contribution in [-0.2, 0) is 25.4 Å². The minimum Gasteiger partial charge on any atom is -0.263 e. The van der Waals surface area contributed by atoms with Crippen molar-refractivity contribution in [2.75, 3.05) is 11.6 Å². The Labute approximate surface area is 209 Å². The van der Waals surface area contributed by atoms with E-state index in [0.29, 0.717) is 24.1 Å². The van der Waals surface area contributed by atoms with E-state index < -0.39 is 0 Å². The minimum atomic E-state index is -0.234. The van der Waals surface area contributed by atoms with Crippen LogP contribution in [0.2, 0.25) is 5.02 Å². The predicted octanol–water partition coefficient (Wildman–Crippen LogP) is 4.70. The van der Waals surface area contributed by atoms with Gasteiger partial charge in [-0.1, -0.05) is 77.8 Å². The molecule has 1 aliphatic carbocycles. The summed E-state index contributed by atoms with van der Waals surface area (Å²) >= 11 is 6.02. The zero-order valence-electron chi connectivity index (χ0n) is 19.8. The first-order valence-electron chi connectivity index (χ1n) is 11.8. The summed E-state index contributed by atoms with van der Waals surface area (Å²) in [4.78, 5) is 13.1. The number of rotatable bonds is 4. The van der Waals surface area contributed by atoms with Crippen molar-refractivity contribution in [3.05, 3.63) is 116 Å². The molecule has 0 amide bonds. The maximum atomic E-state index is 13.1. The summed E-state index contributed by atoms with van der Waals surface area (Å²) < 4.78 is 3.08. The molecule has 176 valence electrons. The molecule has 0 N–H and O–H groups in total. The Balaban J connectivity index is 1.43. The molecule has 0 radical (unpaired) electrons. The molecule has 35 heavy (non-hydrogen) atoms. The van der Waals surface area contributed by atoms with E-state index >= 15 is 0 Å². The van der Waals surface area contributed by atoms with Gasteiger partial charge in [-0.05, 0) is 54.2 Å². The van der Waals surface area contributed by atoms with Crippen LogP contribution in [0.4, 0.5) is 5.95 Å². The van der Waals surface area contributed by atoms with Crippen LogP contribution in [0.15, 0.2) is 82.7 Å². The quantitative estimate of drug-likeness (QED) is 0.423. The van der Waals surface area contributed by atoms with Crippen molar-refractivity contribution in [3.63, 3.8) is 0 Å². The molecule has 1 spiro atoms. The maximum absolute atomic E-state index is 13.1. The van der Waals surface area contributed by atoms with E-state index in [-0.39, 0.29) is 11.1 Å². The molecule has 6 nitrogen and oxygen atoms in total. The lowest BCUT2D eigenvalue weighted by atomic mass is 9.75. The number of hydrazone groups is 1. The first kappa shape index (κ1) is 21.9. The Morgan fingerprint density at radius 3 is 2.51 bits per heavy atom. The fourth-order valence-corrected chi connectivity index (χ4v) is 5.53. The summed E-state index contributed by atoms with van der Waals surface area (Å²) in [5.41, 5.74) is 6.63. The van der Waals surface area contributed by atoms with Gasteiger partial charge in [0.2, 0.25) is 5.95 Å². The van der Waals surface area contributed by atoms with Gasteiger partial charge in [0.05, 0.1) is 24.2 Å². The van der Waals surface area contributed by atoms with Crippen LogP contribution in [0.25, 0.3) is 0 Å². The van der Waals surface area contributed by atoms with Crippen LogP contribution in [0.1, 0.15) is 34.2 Å². The summed E-state index contributed by atoms with van der Waals surface area (Å²) in [6.07, 6.45) is 1.99.